The highest BCUT2D eigenvalue weighted by atomic mass is 14.9. The second-order valence-corrected chi connectivity index (χ2v) is 3.35. The van der Waals surface area contributed by atoms with Crippen LogP contribution in [0.25, 0.3) is 0 Å². The fourth-order valence-corrected chi connectivity index (χ4v) is 1.29. The molecule has 0 saturated heterocycles. The van der Waals surface area contributed by atoms with Crippen LogP contribution in [0, 0.1) is 5.92 Å². The average molecular weight is 154 g/mol. The summed E-state index contributed by atoms with van der Waals surface area (Å²) in [6.07, 6.45) is 7.01. The Labute approximate surface area is 68.9 Å². The van der Waals surface area contributed by atoms with Crippen molar-refractivity contribution in [3.05, 3.63) is 12.2 Å². The van der Waals surface area contributed by atoms with E-state index in [4.69, 9.17) is 5.73 Å². The summed E-state index contributed by atoms with van der Waals surface area (Å²) in [7, 11) is 0. The standard InChI is InChI=1S/C9H18N2/c1-8(6-10)11-7-9-4-2-3-5-9/h2-3,8-9,11H,4-7,10H2,1H3/t8-/m0/s1. The van der Waals surface area contributed by atoms with Gasteiger partial charge in [-0.05, 0) is 32.2 Å². The van der Waals surface area contributed by atoms with Gasteiger partial charge in [0.2, 0.25) is 0 Å². The summed E-state index contributed by atoms with van der Waals surface area (Å²) in [5, 5.41) is 3.41. The van der Waals surface area contributed by atoms with Gasteiger partial charge in [-0.25, -0.2) is 0 Å². The van der Waals surface area contributed by atoms with Crippen molar-refractivity contribution in [1.29, 1.82) is 0 Å². The fraction of sp³-hybridized carbons (Fsp3) is 0.778. The van der Waals surface area contributed by atoms with E-state index >= 15 is 0 Å². The Morgan fingerprint density at radius 2 is 2.18 bits per heavy atom. The molecular formula is C9H18N2. The van der Waals surface area contributed by atoms with Crippen molar-refractivity contribution >= 4 is 0 Å². The molecule has 0 aromatic rings. The van der Waals surface area contributed by atoms with E-state index < -0.39 is 0 Å². The molecule has 0 radical (unpaired) electrons. The molecule has 0 heterocycles. The largest absolute Gasteiger partial charge is 0.329 e. The maximum Gasteiger partial charge on any atom is 0.0162 e. The summed E-state index contributed by atoms with van der Waals surface area (Å²) >= 11 is 0. The van der Waals surface area contributed by atoms with E-state index in [0.29, 0.717) is 6.04 Å². The minimum absolute atomic E-state index is 0.468. The van der Waals surface area contributed by atoms with Gasteiger partial charge in [-0.1, -0.05) is 12.2 Å². The van der Waals surface area contributed by atoms with Crippen LogP contribution in [0.15, 0.2) is 12.2 Å². The third-order valence-corrected chi connectivity index (χ3v) is 2.21. The number of nitrogens with two attached hydrogens (primary N) is 1. The summed E-state index contributed by atoms with van der Waals surface area (Å²) in [4.78, 5) is 0. The Morgan fingerprint density at radius 3 is 2.73 bits per heavy atom. The van der Waals surface area contributed by atoms with Crippen LogP contribution in [0.3, 0.4) is 0 Å². The lowest BCUT2D eigenvalue weighted by atomic mass is 10.1. The Kier molecular flexibility index (Phi) is 3.60. The van der Waals surface area contributed by atoms with Gasteiger partial charge in [-0.15, -0.1) is 0 Å². The fourth-order valence-electron chi connectivity index (χ4n) is 1.29. The van der Waals surface area contributed by atoms with Crippen LogP contribution in [-0.2, 0) is 0 Å². The van der Waals surface area contributed by atoms with Crippen molar-refractivity contribution in [2.45, 2.75) is 25.8 Å². The zero-order chi connectivity index (χ0) is 8.10. The molecule has 3 N–H and O–H groups in total. The Morgan fingerprint density at radius 1 is 1.55 bits per heavy atom. The minimum atomic E-state index is 0.468. The van der Waals surface area contributed by atoms with E-state index in [1.54, 1.807) is 0 Å². The summed E-state index contributed by atoms with van der Waals surface area (Å²) in [6.45, 7) is 3.98. The van der Waals surface area contributed by atoms with Gasteiger partial charge >= 0.3 is 0 Å². The molecule has 11 heavy (non-hydrogen) atoms. The van der Waals surface area contributed by atoms with E-state index in [1.807, 2.05) is 0 Å². The maximum atomic E-state index is 5.48. The molecule has 0 aliphatic heterocycles. The average Bonchev–Trinajstić information content (AvgIpc) is 2.52. The third kappa shape index (κ3) is 3.04. The Bertz CT molecular complexity index is 124. The molecule has 0 saturated carbocycles. The van der Waals surface area contributed by atoms with Gasteiger partial charge in [0, 0.05) is 12.6 Å². The lowest BCUT2D eigenvalue weighted by Crippen LogP contribution is -2.36. The first-order valence-electron chi connectivity index (χ1n) is 4.41. The quantitative estimate of drug-likeness (QED) is 0.590. The SMILES string of the molecule is C[C@@H](CN)NCC1CC=CC1. The Hall–Kier alpha value is -0.340. The van der Waals surface area contributed by atoms with Gasteiger partial charge in [0.1, 0.15) is 0 Å². The molecule has 2 nitrogen and oxygen atoms in total. The van der Waals surface area contributed by atoms with Gasteiger partial charge in [0.25, 0.3) is 0 Å². The van der Waals surface area contributed by atoms with E-state index in [0.717, 1.165) is 19.0 Å². The van der Waals surface area contributed by atoms with Gasteiger partial charge in [0.05, 0.1) is 0 Å². The van der Waals surface area contributed by atoms with Crippen LogP contribution < -0.4 is 11.1 Å². The summed E-state index contributed by atoms with van der Waals surface area (Å²) < 4.78 is 0. The zero-order valence-corrected chi connectivity index (χ0v) is 7.22. The lowest BCUT2D eigenvalue weighted by molar-refractivity contribution is 0.458. The lowest BCUT2D eigenvalue weighted by Gasteiger charge is -2.14. The molecule has 0 fully saturated rings. The molecule has 1 aliphatic carbocycles. The number of nitrogens with one attached hydrogen (secondary N) is 1. The molecule has 1 atom stereocenters. The first kappa shape index (κ1) is 8.75. The van der Waals surface area contributed by atoms with Crippen molar-refractivity contribution in [3.8, 4) is 0 Å². The normalized spacial score (nSPS) is 20.9. The molecule has 0 spiro atoms. The highest BCUT2D eigenvalue weighted by Gasteiger charge is 2.10. The van der Waals surface area contributed by atoms with Crippen LogP contribution in [0.4, 0.5) is 0 Å². The molecule has 0 unspecified atom stereocenters. The minimum Gasteiger partial charge on any atom is -0.329 e. The van der Waals surface area contributed by atoms with Gasteiger partial charge in [-0.2, -0.15) is 0 Å². The summed E-state index contributed by atoms with van der Waals surface area (Å²) in [5.74, 6) is 0.823. The first-order chi connectivity index (χ1) is 5.33. The number of hydrogen-bond acceptors (Lipinski definition) is 2. The van der Waals surface area contributed by atoms with Crippen molar-refractivity contribution < 1.29 is 0 Å². The third-order valence-electron chi connectivity index (χ3n) is 2.21. The predicted molar refractivity (Wildman–Crippen MR) is 48.4 cm³/mol. The molecule has 1 rings (SSSR count). The van der Waals surface area contributed by atoms with Crippen LogP contribution in [0.5, 0.6) is 0 Å². The summed E-state index contributed by atoms with van der Waals surface area (Å²) in [5.41, 5.74) is 5.48. The number of hydrogen-bond donors (Lipinski definition) is 2. The zero-order valence-electron chi connectivity index (χ0n) is 7.22. The summed E-state index contributed by atoms with van der Waals surface area (Å²) in [6, 6.07) is 0.468. The van der Waals surface area contributed by atoms with E-state index in [9.17, 15) is 0 Å². The first-order valence-corrected chi connectivity index (χ1v) is 4.41. The molecule has 0 bridgehead atoms. The molecule has 0 aromatic heterocycles. The maximum absolute atomic E-state index is 5.48. The van der Waals surface area contributed by atoms with E-state index in [2.05, 4.69) is 24.4 Å². The van der Waals surface area contributed by atoms with Crippen LogP contribution in [-0.4, -0.2) is 19.1 Å². The molecule has 1 aliphatic rings. The number of allylic oxidation sites excluding steroid dienone is 2. The van der Waals surface area contributed by atoms with Gasteiger partial charge in [-0.3, -0.25) is 0 Å². The van der Waals surface area contributed by atoms with Crippen molar-refractivity contribution in [3.63, 3.8) is 0 Å². The molecule has 0 aromatic carbocycles. The van der Waals surface area contributed by atoms with Gasteiger partial charge in [0.15, 0.2) is 0 Å². The number of rotatable bonds is 4. The topological polar surface area (TPSA) is 38.0 Å². The van der Waals surface area contributed by atoms with E-state index in [-0.39, 0.29) is 0 Å². The predicted octanol–water partition coefficient (Wildman–Crippen LogP) is 0.889. The molecule has 0 amide bonds. The highest BCUT2D eigenvalue weighted by molar-refractivity contribution is 4.94. The van der Waals surface area contributed by atoms with Crippen molar-refractivity contribution in [1.82, 2.24) is 5.32 Å². The van der Waals surface area contributed by atoms with Gasteiger partial charge < -0.3 is 11.1 Å². The van der Waals surface area contributed by atoms with Crippen LogP contribution in [0.2, 0.25) is 0 Å². The molecular weight excluding hydrogens is 136 g/mol. The monoisotopic (exact) mass is 154 g/mol. The van der Waals surface area contributed by atoms with Crippen molar-refractivity contribution in [2.24, 2.45) is 11.7 Å². The molecule has 2 heteroatoms. The van der Waals surface area contributed by atoms with Crippen LogP contribution in [0.1, 0.15) is 19.8 Å². The second kappa shape index (κ2) is 4.52. The molecule has 64 valence electrons. The van der Waals surface area contributed by atoms with Crippen LogP contribution >= 0.6 is 0 Å². The highest BCUT2D eigenvalue weighted by Crippen LogP contribution is 2.16. The second-order valence-electron chi connectivity index (χ2n) is 3.35. The smallest absolute Gasteiger partial charge is 0.0162 e. The van der Waals surface area contributed by atoms with E-state index in [1.165, 1.54) is 12.8 Å². The Balaban J connectivity index is 2.03. The van der Waals surface area contributed by atoms with Crippen molar-refractivity contribution in [2.75, 3.05) is 13.1 Å².